The van der Waals surface area contributed by atoms with Crippen LogP contribution in [0.15, 0.2) is 36.4 Å². The molecule has 1 saturated heterocycles. The maximum Gasteiger partial charge on any atom is 0.255 e. The molecule has 2 aromatic rings. The van der Waals surface area contributed by atoms with Gasteiger partial charge in [-0.25, -0.2) is 0 Å². The van der Waals surface area contributed by atoms with E-state index in [4.69, 9.17) is 23.2 Å². The van der Waals surface area contributed by atoms with Crippen molar-refractivity contribution in [3.8, 4) is 0 Å². The number of carbonyl (C=O) groups excluding carboxylic acids is 2. The molecule has 0 saturated carbocycles. The minimum absolute atomic E-state index is 0.127. The molecule has 2 aromatic carbocycles. The highest BCUT2D eigenvalue weighted by molar-refractivity contribution is 6.42. The molecule has 0 spiro atoms. The van der Waals surface area contributed by atoms with Crippen molar-refractivity contribution < 1.29 is 9.59 Å². The number of aryl methyl sites for hydroxylation is 1. The fourth-order valence-corrected chi connectivity index (χ4v) is 3.18. The van der Waals surface area contributed by atoms with Gasteiger partial charge in [0.25, 0.3) is 5.91 Å². The molecule has 0 aromatic heterocycles. The van der Waals surface area contributed by atoms with E-state index in [0.717, 1.165) is 24.1 Å². The molecule has 1 fully saturated rings. The average molecular weight is 377 g/mol. The van der Waals surface area contributed by atoms with Gasteiger partial charge in [-0.15, -0.1) is 0 Å². The van der Waals surface area contributed by atoms with E-state index < -0.39 is 0 Å². The lowest BCUT2D eigenvalue weighted by Crippen LogP contribution is -2.35. The van der Waals surface area contributed by atoms with Gasteiger partial charge in [-0.1, -0.05) is 29.3 Å². The van der Waals surface area contributed by atoms with Crippen LogP contribution in [0.1, 0.15) is 35.2 Å². The molecule has 130 valence electrons. The Kier molecular flexibility index (Phi) is 5.30. The van der Waals surface area contributed by atoms with Crippen LogP contribution in [0.4, 0.5) is 11.4 Å². The molecular formula is C19H18Cl2N2O2. The lowest BCUT2D eigenvalue weighted by atomic mass is 10.1. The Morgan fingerprint density at radius 3 is 2.60 bits per heavy atom. The summed E-state index contributed by atoms with van der Waals surface area (Å²) in [5.41, 5.74) is 2.90. The number of anilines is 2. The van der Waals surface area contributed by atoms with Gasteiger partial charge in [-0.05, 0) is 55.7 Å². The lowest BCUT2D eigenvalue weighted by Gasteiger charge is -2.28. The molecule has 1 heterocycles. The first-order valence-corrected chi connectivity index (χ1v) is 8.89. The third kappa shape index (κ3) is 3.97. The van der Waals surface area contributed by atoms with Crippen molar-refractivity contribution in [3.05, 3.63) is 57.6 Å². The monoisotopic (exact) mass is 376 g/mol. The van der Waals surface area contributed by atoms with Crippen LogP contribution < -0.4 is 10.2 Å². The Morgan fingerprint density at radius 1 is 1.08 bits per heavy atom. The number of hydrogen-bond acceptors (Lipinski definition) is 2. The van der Waals surface area contributed by atoms with Crippen LogP contribution in [0.2, 0.25) is 10.0 Å². The largest absolute Gasteiger partial charge is 0.322 e. The molecule has 0 atom stereocenters. The zero-order valence-electron chi connectivity index (χ0n) is 13.8. The molecule has 4 nitrogen and oxygen atoms in total. The van der Waals surface area contributed by atoms with Crippen molar-refractivity contribution in [1.29, 1.82) is 0 Å². The van der Waals surface area contributed by atoms with Crippen molar-refractivity contribution in [3.63, 3.8) is 0 Å². The molecule has 25 heavy (non-hydrogen) atoms. The van der Waals surface area contributed by atoms with E-state index in [1.54, 1.807) is 17.0 Å². The highest BCUT2D eigenvalue weighted by atomic mass is 35.5. The van der Waals surface area contributed by atoms with Crippen molar-refractivity contribution in [2.24, 2.45) is 0 Å². The fourth-order valence-electron chi connectivity index (χ4n) is 2.88. The highest BCUT2D eigenvalue weighted by Crippen LogP contribution is 2.28. The molecule has 3 rings (SSSR count). The second-order valence-electron chi connectivity index (χ2n) is 6.09. The lowest BCUT2D eigenvalue weighted by molar-refractivity contribution is -0.119. The first kappa shape index (κ1) is 17.8. The number of nitrogens with zero attached hydrogens (tertiary/aromatic N) is 1. The van der Waals surface area contributed by atoms with Crippen LogP contribution in [0, 0.1) is 6.92 Å². The number of halogens is 2. The summed E-state index contributed by atoms with van der Waals surface area (Å²) in [7, 11) is 0. The molecule has 1 aliphatic rings. The summed E-state index contributed by atoms with van der Waals surface area (Å²) >= 11 is 11.9. The third-order valence-electron chi connectivity index (χ3n) is 4.26. The SMILES string of the molecule is Cc1ccc(NC(=O)c2ccc(Cl)c(Cl)c2)cc1N1CCCCC1=O. The second kappa shape index (κ2) is 7.46. The standard InChI is InChI=1S/C19H18Cl2N2O2/c1-12-5-7-14(11-17(12)23-9-3-2-4-18(23)24)22-19(25)13-6-8-15(20)16(21)10-13/h5-8,10-11H,2-4,9H2,1H3,(H,22,25). The van der Waals surface area contributed by atoms with Crippen LogP contribution in [0.5, 0.6) is 0 Å². The highest BCUT2D eigenvalue weighted by Gasteiger charge is 2.21. The summed E-state index contributed by atoms with van der Waals surface area (Å²) in [5.74, 6) is -0.152. The summed E-state index contributed by atoms with van der Waals surface area (Å²) in [5, 5.41) is 3.58. The summed E-state index contributed by atoms with van der Waals surface area (Å²) in [6.07, 6.45) is 2.49. The predicted molar refractivity (Wildman–Crippen MR) is 102 cm³/mol. The van der Waals surface area contributed by atoms with Crippen LogP contribution in [0.25, 0.3) is 0 Å². The van der Waals surface area contributed by atoms with E-state index in [0.29, 0.717) is 34.3 Å². The van der Waals surface area contributed by atoms with Crippen molar-refractivity contribution in [1.82, 2.24) is 0 Å². The Bertz CT molecular complexity index is 836. The minimum Gasteiger partial charge on any atom is -0.322 e. The quantitative estimate of drug-likeness (QED) is 0.812. The van der Waals surface area contributed by atoms with Crippen molar-refractivity contribution >= 4 is 46.4 Å². The molecular weight excluding hydrogens is 359 g/mol. The maximum absolute atomic E-state index is 12.4. The molecule has 2 amide bonds. The normalized spacial score (nSPS) is 14.5. The van der Waals surface area contributed by atoms with Gasteiger partial charge in [-0.3, -0.25) is 9.59 Å². The molecule has 0 bridgehead atoms. The third-order valence-corrected chi connectivity index (χ3v) is 5.00. The van der Waals surface area contributed by atoms with E-state index in [-0.39, 0.29) is 11.8 Å². The summed E-state index contributed by atoms with van der Waals surface area (Å²) in [6, 6.07) is 10.3. The van der Waals surface area contributed by atoms with Gasteiger partial charge in [0.15, 0.2) is 0 Å². The van der Waals surface area contributed by atoms with Crippen LogP contribution in [-0.4, -0.2) is 18.4 Å². The number of hydrogen-bond donors (Lipinski definition) is 1. The van der Waals surface area contributed by atoms with Gasteiger partial charge in [0.1, 0.15) is 0 Å². The van der Waals surface area contributed by atoms with Crippen molar-refractivity contribution in [2.75, 3.05) is 16.8 Å². The second-order valence-corrected chi connectivity index (χ2v) is 6.90. The average Bonchev–Trinajstić information content (AvgIpc) is 2.59. The Balaban J connectivity index is 1.83. The van der Waals surface area contributed by atoms with Gasteiger partial charge in [0.2, 0.25) is 5.91 Å². The van der Waals surface area contributed by atoms with Crippen LogP contribution in [0.3, 0.4) is 0 Å². The predicted octanol–water partition coefficient (Wildman–Crippen LogP) is 5.07. The Labute approximate surface area is 156 Å². The van der Waals surface area contributed by atoms with Gasteiger partial charge < -0.3 is 10.2 Å². The van der Waals surface area contributed by atoms with E-state index in [1.807, 2.05) is 25.1 Å². The molecule has 0 unspecified atom stereocenters. The molecule has 6 heteroatoms. The number of benzene rings is 2. The van der Waals surface area contributed by atoms with Gasteiger partial charge in [0.05, 0.1) is 10.0 Å². The zero-order valence-corrected chi connectivity index (χ0v) is 15.3. The van der Waals surface area contributed by atoms with E-state index in [2.05, 4.69) is 5.32 Å². The number of rotatable bonds is 3. The topological polar surface area (TPSA) is 49.4 Å². The molecule has 0 aliphatic carbocycles. The summed E-state index contributed by atoms with van der Waals surface area (Å²) < 4.78 is 0. The number of nitrogens with one attached hydrogen (secondary N) is 1. The zero-order chi connectivity index (χ0) is 18.0. The van der Waals surface area contributed by atoms with Gasteiger partial charge in [0, 0.05) is 29.9 Å². The number of carbonyl (C=O) groups is 2. The van der Waals surface area contributed by atoms with E-state index >= 15 is 0 Å². The minimum atomic E-state index is -0.279. The molecule has 1 aliphatic heterocycles. The Hall–Kier alpha value is -2.04. The number of amides is 2. The van der Waals surface area contributed by atoms with E-state index in [9.17, 15) is 9.59 Å². The smallest absolute Gasteiger partial charge is 0.255 e. The van der Waals surface area contributed by atoms with Crippen molar-refractivity contribution in [2.45, 2.75) is 26.2 Å². The summed E-state index contributed by atoms with van der Waals surface area (Å²) in [4.78, 5) is 26.4. The molecule has 0 radical (unpaired) electrons. The fraction of sp³-hybridized carbons (Fsp3) is 0.263. The van der Waals surface area contributed by atoms with Crippen LogP contribution in [-0.2, 0) is 4.79 Å². The molecule has 1 N–H and O–H groups in total. The van der Waals surface area contributed by atoms with Gasteiger partial charge in [-0.2, -0.15) is 0 Å². The maximum atomic E-state index is 12.4. The van der Waals surface area contributed by atoms with Gasteiger partial charge >= 0.3 is 0 Å². The van der Waals surface area contributed by atoms with E-state index in [1.165, 1.54) is 6.07 Å². The van der Waals surface area contributed by atoms with Crippen LogP contribution >= 0.6 is 23.2 Å². The first-order chi connectivity index (χ1) is 12.0. The Morgan fingerprint density at radius 2 is 1.88 bits per heavy atom. The first-order valence-electron chi connectivity index (χ1n) is 8.13. The number of piperidine rings is 1. The summed E-state index contributed by atoms with van der Waals surface area (Å²) in [6.45, 7) is 2.67.